The van der Waals surface area contributed by atoms with Gasteiger partial charge in [0, 0.05) is 70.6 Å². The fourth-order valence-electron chi connectivity index (χ4n) is 18.7. The first-order valence-corrected chi connectivity index (χ1v) is 41.6. The van der Waals surface area contributed by atoms with Crippen LogP contribution in [0.3, 0.4) is 0 Å². The van der Waals surface area contributed by atoms with Gasteiger partial charge >= 0.3 is 0 Å². The summed E-state index contributed by atoms with van der Waals surface area (Å²) in [5, 5.41) is 56.4. The van der Waals surface area contributed by atoms with Crippen molar-refractivity contribution in [3.05, 3.63) is 434 Å². The van der Waals surface area contributed by atoms with E-state index >= 15 is 0 Å². The van der Waals surface area contributed by atoms with Gasteiger partial charge in [-0.2, -0.15) is 26.3 Å². The number of imidazole rings is 3. The maximum absolute atomic E-state index is 14.4. The smallest absolute Gasteiger partial charge is 0.264 e. The molecule has 6 heterocycles. The van der Waals surface area contributed by atoms with Gasteiger partial charge < -0.3 is 0 Å². The van der Waals surface area contributed by atoms with Gasteiger partial charge in [-0.25, -0.2) is 19.8 Å². The lowest BCUT2D eigenvalue weighted by molar-refractivity contribution is 1.19. The Balaban J connectivity index is 0.000000114. The molecule has 0 saturated carbocycles. The van der Waals surface area contributed by atoms with E-state index in [2.05, 4.69) is 126 Å². The molecule has 0 aliphatic heterocycles. The SMILES string of the molecule is N#Cc1ccc(-c2ccc3c(=O)n4c(nc5cc(-c6ccccc6)cc(-c6ccccc6)c54)c4ccc(C#N)c2c34)cc1.N#Cc1ccc(-c2ccc3c(=O)n4c5cc(-c6ccccc6)cc(-c6ccccc6)c5nc4c4ccc(C#N)c2c34)cc1.[C-]#[N+]c1ccc2c(=O)n3c4cc(-c5ccccc5)cc(-c5ccccc5)c4nc3c3ccc(-c4ccc(C#N)cc4)c1c23. The Labute approximate surface area is 734 Å². The van der Waals surface area contributed by atoms with Gasteiger partial charge in [-0.15, -0.1) is 0 Å². The molecular formula is C114H60N12O3. The van der Waals surface area contributed by atoms with Crippen LogP contribution >= 0.6 is 0 Å². The molecule has 0 unspecified atom stereocenters. The van der Waals surface area contributed by atoms with Crippen LogP contribution in [-0.4, -0.2) is 28.2 Å². The van der Waals surface area contributed by atoms with E-state index in [4.69, 9.17) is 21.5 Å². The summed E-state index contributed by atoms with van der Waals surface area (Å²) in [4.78, 5) is 62.5. The van der Waals surface area contributed by atoms with Gasteiger partial charge in [-0.3, -0.25) is 27.6 Å². The van der Waals surface area contributed by atoms with Gasteiger partial charge in [0.05, 0.1) is 97.8 Å². The zero-order valence-corrected chi connectivity index (χ0v) is 68.2. The van der Waals surface area contributed by atoms with Crippen LogP contribution < -0.4 is 16.7 Å². The van der Waals surface area contributed by atoms with Gasteiger partial charge in [0.25, 0.3) is 16.7 Å². The van der Waals surface area contributed by atoms with Crippen molar-refractivity contribution >= 4 is 120 Å². The van der Waals surface area contributed by atoms with Crippen molar-refractivity contribution in [3.8, 4) is 130 Å². The molecular weight excluding hydrogens is 1590 g/mol. The maximum Gasteiger partial charge on any atom is 0.264 e. The Morgan fingerprint density at radius 3 is 0.922 bits per heavy atom. The van der Waals surface area contributed by atoms with Crippen LogP contribution in [0.2, 0.25) is 0 Å². The van der Waals surface area contributed by atoms with Crippen molar-refractivity contribution in [1.29, 1.82) is 26.3 Å². The third-order valence-corrected chi connectivity index (χ3v) is 24.7. The van der Waals surface area contributed by atoms with Crippen LogP contribution in [0, 0.1) is 63.2 Å². The molecule has 129 heavy (non-hydrogen) atoms. The van der Waals surface area contributed by atoms with Crippen LogP contribution in [0.25, 0.3) is 220 Å². The average Bonchev–Trinajstić information content (AvgIpc) is 1.61. The zero-order valence-electron chi connectivity index (χ0n) is 68.2. The van der Waals surface area contributed by atoms with Gasteiger partial charge in [0.1, 0.15) is 16.9 Å². The van der Waals surface area contributed by atoms with E-state index in [1.807, 2.05) is 224 Å². The minimum atomic E-state index is -0.180. The first kappa shape index (κ1) is 76.2. The highest BCUT2D eigenvalue weighted by Gasteiger charge is 2.28. The van der Waals surface area contributed by atoms with Crippen LogP contribution in [0.1, 0.15) is 27.8 Å². The molecule has 6 aromatic heterocycles. The number of rotatable bonds is 9. The summed E-state index contributed by atoms with van der Waals surface area (Å²) >= 11 is 0. The summed E-state index contributed by atoms with van der Waals surface area (Å²) in [5.41, 5.74) is 25.8. The standard InChI is InChI=1S/3C38H20N4O/c1-40-32-19-18-30-34-29(17-16-28(35(32)34)26-14-12-23(22-39)13-15-26)37-41-36-31(25-10-6-3-7-11-25)20-27(24-8-4-2-5-9-24)21-33(36)42(37)38(30)43;39-21-23-11-13-26(14-12-23)29-17-18-31-35-30(16-15-27(22-40)34(29)35)37-41-36-32(25-9-5-2-6-10-25)19-28(24-7-3-1-4-8-24)20-33(36)42(37)38(31)43;39-21-23-11-13-26(14-12-23)29-17-18-31-35-30(16-15-27(22-40)34(29)35)37-41-33-20-28(24-7-3-1-4-8-24)19-32(25-9-5-2-6-10-25)36(33)42(37)38(31)43/h2-21H;2*1-20H. The van der Waals surface area contributed by atoms with E-state index in [-0.39, 0.29) is 16.7 Å². The lowest BCUT2D eigenvalue weighted by Gasteiger charge is -2.14. The highest BCUT2D eigenvalue weighted by atomic mass is 16.1. The molecule has 0 bridgehead atoms. The molecule has 0 amide bonds. The molecule has 0 saturated heterocycles. The van der Waals surface area contributed by atoms with Crippen LogP contribution in [0.4, 0.5) is 5.69 Å². The average molecular weight is 1650 g/mol. The molecule has 0 spiro atoms. The van der Waals surface area contributed by atoms with E-state index in [0.717, 1.165) is 171 Å². The Kier molecular flexibility index (Phi) is 18.3. The first-order chi connectivity index (χ1) is 63.5. The van der Waals surface area contributed by atoms with Gasteiger partial charge in [0.15, 0.2) is 5.69 Å². The first-order valence-electron chi connectivity index (χ1n) is 41.6. The van der Waals surface area contributed by atoms with Gasteiger partial charge in [-0.1, -0.05) is 255 Å². The summed E-state index contributed by atoms with van der Waals surface area (Å²) < 4.78 is 5.18. The summed E-state index contributed by atoms with van der Waals surface area (Å²) in [7, 11) is 0. The lowest BCUT2D eigenvalue weighted by atomic mass is 9.91. The monoisotopic (exact) mass is 1640 g/mol. The molecule has 24 aromatic rings. The fraction of sp³-hybridized carbons (Fsp3) is 0. The molecule has 0 radical (unpaired) electrons. The quantitative estimate of drug-likeness (QED) is 0.123. The van der Waals surface area contributed by atoms with E-state index in [1.54, 1.807) is 61.7 Å². The second kappa shape index (κ2) is 30.9. The minimum absolute atomic E-state index is 0.173. The summed E-state index contributed by atoms with van der Waals surface area (Å²) in [5.74, 6) is 0. The second-order valence-corrected chi connectivity index (χ2v) is 31.7. The van der Waals surface area contributed by atoms with Crippen molar-refractivity contribution in [2.75, 3.05) is 0 Å². The van der Waals surface area contributed by atoms with Crippen LogP contribution in [0.15, 0.2) is 378 Å². The molecule has 0 aliphatic carbocycles. The Morgan fingerprint density at radius 2 is 0.550 bits per heavy atom. The van der Waals surface area contributed by atoms with Crippen molar-refractivity contribution in [2.45, 2.75) is 0 Å². The molecule has 0 aliphatic rings. The fourth-order valence-corrected chi connectivity index (χ4v) is 18.7. The van der Waals surface area contributed by atoms with E-state index in [9.17, 15) is 40.7 Å². The summed E-state index contributed by atoms with van der Waals surface area (Å²) in [6, 6.07) is 129. The highest BCUT2D eigenvalue weighted by Crippen LogP contribution is 2.47. The van der Waals surface area contributed by atoms with Crippen molar-refractivity contribution < 1.29 is 0 Å². The predicted octanol–water partition coefficient (Wildman–Crippen LogP) is 25.7. The normalized spacial score (nSPS) is 11.3. The van der Waals surface area contributed by atoms with E-state index < -0.39 is 0 Å². The van der Waals surface area contributed by atoms with Crippen molar-refractivity contribution in [2.24, 2.45) is 0 Å². The van der Waals surface area contributed by atoms with Crippen molar-refractivity contribution in [1.82, 2.24) is 28.2 Å². The number of aromatic nitrogens is 6. The molecule has 0 fully saturated rings. The number of fused-ring (bicyclic) bond motifs is 12. The highest BCUT2D eigenvalue weighted by molar-refractivity contribution is 6.25. The number of hydrogen-bond donors (Lipinski definition) is 0. The predicted molar refractivity (Wildman–Crippen MR) is 514 cm³/mol. The molecule has 24 rings (SSSR count). The number of benzene rings is 18. The van der Waals surface area contributed by atoms with Crippen LogP contribution in [0.5, 0.6) is 0 Å². The van der Waals surface area contributed by atoms with E-state index in [0.29, 0.717) is 77.4 Å². The zero-order chi connectivity index (χ0) is 87.2. The Bertz CT molecular complexity index is 8800. The van der Waals surface area contributed by atoms with E-state index in [1.165, 1.54) is 0 Å². The second-order valence-electron chi connectivity index (χ2n) is 31.7. The molecule has 18 aromatic carbocycles. The minimum Gasteiger partial charge on any atom is -0.268 e. The van der Waals surface area contributed by atoms with Crippen molar-refractivity contribution in [3.63, 3.8) is 0 Å². The number of pyridine rings is 3. The Hall–Kier alpha value is -18.9. The lowest BCUT2D eigenvalue weighted by Crippen LogP contribution is -2.14. The van der Waals surface area contributed by atoms with Gasteiger partial charge in [0.2, 0.25) is 0 Å². The molecule has 15 heteroatoms. The summed E-state index contributed by atoms with van der Waals surface area (Å²) in [6.07, 6.45) is 0. The molecule has 0 atom stereocenters. The van der Waals surface area contributed by atoms with Crippen LogP contribution in [-0.2, 0) is 0 Å². The maximum atomic E-state index is 14.4. The number of nitrogens with zero attached hydrogens (tertiary/aromatic N) is 12. The summed E-state index contributed by atoms with van der Waals surface area (Å²) in [6.45, 7) is 7.95. The third-order valence-electron chi connectivity index (χ3n) is 24.7. The molecule has 594 valence electrons. The number of hydrogen-bond acceptors (Lipinski definition) is 11. The topological polar surface area (TPSA) is 226 Å². The number of nitriles is 5. The third kappa shape index (κ3) is 12.4. The Morgan fingerprint density at radius 1 is 0.248 bits per heavy atom. The largest absolute Gasteiger partial charge is 0.268 e. The molecule has 15 nitrogen and oxygen atoms in total. The molecule has 0 N–H and O–H groups in total. The van der Waals surface area contributed by atoms with Gasteiger partial charge in [-0.05, 0) is 203 Å².